The molecule has 3 atom stereocenters. The SMILES string of the molecule is Cc1ccc(COc2ccc([N+](=O)[O-])cc2[C@@H]2c3sc(=O)[nH]c3S[C@H]3C(=O)N(c4cccc(C(F)(F)F)c4)C(=O)[C@@H]23)cc1. The fraction of sp³-hybridized carbons (Fsp3) is 0.207. The zero-order valence-electron chi connectivity index (χ0n) is 22.1. The van der Waals surface area contributed by atoms with Crippen molar-refractivity contribution in [1.29, 1.82) is 0 Å². The number of halogens is 3. The molecule has 3 heterocycles. The van der Waals surface area contributed by atoms with Gasteiger partial charge in [0.05, 0.1) is 27.1 Å². The van der Waals surface area contributed by atoms with Gasteiger partial charge in [-0.1, -0.05) is 59.0 Å². The number of aryl methyl sites for hydroxylation is 1. The molecule has 0 radical (unpaired) electrons. The quantitative estimate of drug-likeness (QED) is 0.157. The number of carbonyl (C=O) groups is 2. The molecule has 2 amide bonds. The summed E-state index contributed by atoms with van der Waals surface area (Å²) in [5.41, 5.74) is 0.476. The lowest BCUT2D eigenvalue weighted by Gasteiger charge is -2.30. The molecule has 1 saturated heterocycles. The number of rotatable bonds is 6. The first-order valence-electron chi connectivity index (χ1n) is 12.8. The van der Waals surface area contributed by atoms with Crippen LogP contribution in [0.25, 0.3) is 0 Å². The number of thiazole rings is 1. The zero-order valence-corrected chi connectivity index (χ0v) is 23.7. The highest BCUT2D eigenvalue weighted by molar-refractivity contribution is 8.00. The van der Waals surface area contributed by atoms with Crippen molar-refractivity contribution in [3.05, 3.63) is 114 Å². The third-order valence-electron chi connectivity index (χ3n) is 7.31. The van der Waals surface area contributed by atoms with E-state index in [-0.39, 0.29) is 29.3 Å². The van der Waals surface area contributed by atoms with Gasteiger partial charge in [-0.25, -0.2) is 4.90 Å². The number of nitro groups is 1. The van der Waals surface area contributed by atoms with Crippen molar-refractivity contribution in [2.75, 3.05) is 4.90 Å². The van der Waals surface area contributed by atoms with Gasteiger partial charge in [-0.3, -0.25) is 24.5 Å². The van der Waals surface area contributed by atoms with E-state index in [1.807, 2.05) is 31.2 Å². The van der Waals surface area contributed by atoms with Crippen molar-refractivity contribution in [2.45, 2.75) is 35.9 Å². The van der Waals surface area contributed by atoms with Crippen molar-refractivity contribution in [2.24, 2.45) is 5.92 Å². The molecule has 2 aliphatic rings. The Hall–Kier alpha value is -4.43. The van der Waals surface area contributed by atoms with Crippen LogP contribution in [0, 0.1) is 23.0 Å². The lowest BCUT2D eigenvalue weighted by molar-refractivity contribution is -0.385. The fourth-order valence-corrected chi connectivity index (χ4v) is 7.80. The second-order valence-corrected chi connectivity index (χ2v) is 12.2. The number of aromatic amines is 1. The summed E-state index contributed by atoms with van der Waals surface area (Å²) in [6.07, 6.45) is -4.71. The summed E-state index contributed by atoms with van der Waals surface area (Å²) in [5.74, 6) is -3.56. The highest BCUT2D eigenvalue weighted by Gasteiger charge is 2.57. The summed E-state index contributed by atoms with van der Waals surface area (Å²) in [5, 5.41) is 11.0. The minimum atomic E-state index is -4.71. The Morgan fingerprint density at radius 2 is 1.77 bits per heavy atom. The predicted molar refractivity (Wildman–Crippen MR) is 152 cm³/mol. The number of alkyl halides is 3. The third-order valence-corrected chi connectivity index (χ3v) is 9.71. The van der Waals surface area contributed by atoms with Gasteiger partial charge in [-0.2, -0.15) is 13.2 Å². The largest absolute Gasteiger partial charge is 0.489 e. The lowest BCUT2D eigenvalue weighted by atomic mass is 9.82. The van der Waals surface area contributed by atoms with Crippen LogP contribution in [0.2, 0.25) is 0 Å². The highest BCUT2D eigenvalue weighted by atomic mass is 32.2. The number of hydrogen-bond acceptors (Lipinski definition) is 8. The van der Waals surface area contributed by atoms with Gasteiger partial charge in [0.2, 0.25) is 11.8 Å². The molecule has 14 heteroatoms. The number of H-pyrrole nitrogens is 1. The van der Waals surface area contributed by atoms with Crippen LogP contribution in [0.3, 0.4) is 0 Å². The van der Waals surface area contributed by atoms with E-state index in [4.69, 9.17) is 4.74 Å². The van der Waals surface area contributed by atoms with E-state index in [2.05, 4.69) is 4.98 Å². The Kier molecular flexibility index (Phi) is 7.13. The fourth-order valence-electron chi connectivity index (χ4n) is 5.30. The molecule has 1 N–H and O–H groups in total. The van der Waals surface area contributed by atoms with Crippen molar-refractivity contribution in [1.82, 2.24) is 4.98 Å². The first-order valence-corrected chi connectivity index (χ1v) is 14.5. The number of nitrogens with zero attached hydrogens (tertiary/aromatic N) is 2. The molecule has 6 rings (SSSR count). The van der Waals surface area contributed by atoms with Crippen LogP contribution in [-0.2, 0) is 22.4 Å². The Labute approximate surface area is 249 Å². The molecule has 0 bridgehead atoms. The number of carbonyl (C=O) groups excluding carboxylic acids is 2. The number of hydrogen-bond donors (Lipinski definition) is 1. The number of imide groups is 1. The monoisotopic (exact) mass is 627 g/mol. The van der Waals surface area contributed by atoms with Crippen molar-refractivity contribution >= 4 is 46.3 Å². The second kappa shape index (κ2) is 10.7. The predicted octanol–water partition coefficient (Wildman–Crippen LogP) is 6.05. The Morgan fingerprint density at radius 1 is 1.02 bits per heavy atom. The van der Waals surface area contributed by atoms with Crippen LogP contribution in [-0.4, -0.2) is 27.0 Å². The zero-order chi connectivity index (χ0) is 30.6. The van der Waals surface area contributed by atoms with Crippen LogP contribution >= 0.6 is 23.1 Å². The molecule has 0 unspecified atom stereocenters. The summed E-state index contributed by atoms with van der Waals surface area (Å²) < 4.78 is 46.5. The molecule has 4 aromatic rings. The first kappa shape index (κ1) is 28.7. The molecule has 1 fully saturated rings. The molecule has 220 valence electrons. The van der Waals surface area contributed by atoms with E-state index in [1.165, 1.54) is 24.3 Å². The minimum absolute atomic E-state index is 0.0835. The topological polar surface area (TPSA) is 123 Å². The number of nitrogens with one attached hydrogen (secondary N) is 1. The lowest BCUT2D eigenvalue weighted by Crippen LogP contribution is -2.32. The van der Waals surface area contributed by atoms with E-state index in [0.717, 1.165) is 57.3 Å². The van der Waals surface area contributed by atoms with Gasteiger partial charge in [-0.05, 0) is 36.8 Å². The van der Waals surface area contributed by atoms with E-state index in [9.17, 15) is 37.7 Å². The molecule has 1 aromatic heterocycles. The molecular formula is C29H20F3N3O6S2. The van der Waals surface area contributed by atoms with Gasteiger partial charge >= 0.3 is 11.0 Å². The number of non-ortho nitro benzene ring substituents is 1. The Bertz CT molecular complexity index is 1840. The summed E-state index contributed by atoms with van der Waals surface area (Å²) >= 11 is 1.74. The van der Waals surface area contributed by atoms with Crippen LogP contribution in [0.15, 0.2) is 76.6 Å². The van der Waals surface area contributed by atoms with Crippen LogP contribution in [0.4, 0.5) is 24.5 Å². The third kappa shape index (κ3) is 5.20. The van der Waals surface area contributed by atoms with E-state index in [1.54, 1.807) is 0 Å². The van der Waals surface area contributed by atoms with Gasteiger partial charge in [-0.15, -0.1) is 0 Å². The summed E-state index contributed by atoms with van der Waals surface area (Å²) in [4.78, 5) is 54.6. The van der Waals surface area contributed by atoms with Crippen LogP contribution < -0.4 is 14.5 Å². The maximum Gasteiger partial charge on any atom is 0.416 e. The summed E-state index contributed by atoms with van der Waals surface area (Å²) in [7, 11) is 0. The van der Waals surface area contributed by atoms with E-state index >= 15 is 0 Å². The van der Waals surface area contributed by atoms with Crippen molar-refractivity contribution in [3.8, 4) is 5.75 Å². The molecule has 9 nitrogen and oxygen atoms in total. The standard InChI is InChI=1S/C29H20F3N3O6S2/c1-14-5-7-15(8-6-14)13-41-20-10-9-18(35(39)40)12-19(20)21-22-24(42-25-23(21)43-28(38)33-25)27(37)34(26(22)36)17-4-2-3-16(11-17)29(30,31)32/h2-12,21-22,24H,13H2,1H3,(H,33,38)/t21-,22-,24+/m0/s1. The minimum Gasteiger partial charge on any atom is -0.489 e. The number of fused-ring (bicyclic) bond motifs is 2. The van der Waals surface area contributed by atoms with Gasteiger partial charge < -0.3 is 9.72 Å². The number of aromatic nitrogens is 1. The van der Waals surface area contributed by atoms with Gasteiger partial charge in [0.25, 0.3) is 5.69 Å². The van der Waals surface area contributed by atoms with E-state index in [0.29, 0.717) is 9.90 Å². The normalized spacial score (nSPS) is 19.7. The molecule has 0 aliphatic carbocycles. The number of anilines is 1. The Morgan fingerprint density at radius 3 is 2.47 bits per heavy atom. The molecule has 0 saturated carbocycles. The number of thioether (sulfide) groups is 1. The average Bonchev–Trinajstić information content (AvgIpc) is 3.46. The summed E-state index contributed by atoms with van der Waals surface area (Å²) in [6.45, 7) is 2.01. The molecular weight excluding hydrogens is 607 g/mol. The summed E-state index contributed by atoms with van der Waals surface area (Å²) in [6, 6.07) is 15.3. The smallest absolute Gasteiger partial charge is 0.416 e. The van der Waals surface area contributed by atoms with Gasteiger partial charge in [0.1, 0.15) is 17.6 Å². The average molecular weight is 628 g/mol. The van der Waals surface area contributed by atoms with Gasteiger partial charge in [0, 0.05) is 28.5 Å². The maximum atomic E-state index is 14.0. The molecule has 0 spiro atoms. The molecule has 2 aliphatic heterocycles. The molecule has 3 aromatic carbocycles. The maximum absolute atomic E-state index is 14.0. The number of benzene rings is 3. The number of ether oxygens (including phenoxy) is 1. The Balaban J connectivity index is 1.47. The van der Waals surface area contributed by atoms with E-state index < -0.39 is 50.4 Å². The number of nitro benzene ring substituents is 1. The van der Waals surface area contributed by atoms with Crippen LogP contribution in [0.5, 0.6) is 5.75 Å². The number of amides is 2. The second-order valence-electron chi connectivity index (χ2n) is 10.1. The van der Waals surface area contributed by atoms with Crippen LogP contribution in [0.1, 0.15) is 33.0 Å². The first-order chi connectivity index (χ1) is 20.4. The van der Waals surface area contributed by atoms with Gasteiger partial charge in [0.15, 0.2) is 0 Å². The molecule has 43 heavy (non-hydrogen) atoms. The van der Waals surface area contributed by atoms with Crippen molar-refractivity contribution < 1.29 is 32.4 Å². The highest BCUT2D eigenvalue weighted by Crippen LogP contribution is 2.55. The van der Waals surface area contributed by atoms with Crippen molar-refractivity contribution in [3.63, 3.8) is 0 Å².